The molecule has 0 spiro atoms. The minimum Gasteiger partial charge on any atom is -0.481 e. The van der Waals surface area contributed by atoms with Crippen molar-refractivity contribution in [3.8, 4) is 11.1 Å². The van der Waals surface area contributed by atoms with Crippen molar-refractivity contribution < 1.29 is 24.2 Å². The Morgan fingerprint density at radius 2 is 1.59 bits per heavy atom. The molecule has 1 unspecified atom stereocenters. The maximum atomic E-state index is 12.9. The molecular formula is C26H33N3O5. The predicted molar refractivity (Wildman–Crippen MR) is 130 cm³/mol. The standard InChI is InChI=1S/C26H33N3O5/c1-4-9-17(14-24(30)31)27-25(32)23(15-29(2)3)28-26(33)34-16-22-20-12-7-5-10-18(20)19-11-6-8-13-21(19)22/h5-8,10-13,17,22-23H,4,9,14-16H2,1-3H3,(H,27,32)(H,28,33)(H,30,31)/t17?,23-/m0/s1. The van der Waals surface area contributed by atoms with Gasteiger partial charge in [-0.1, -0.05) is 61.9 Å². The number of aliphatic carboxylic acids is 1. The molecule has 2 aromatic rings. The molecule has 0 saturated heterocycles. The molecule has 8 heteroatoms. The minimum absolute atomic E-state index is 0.0798. The van der Waals surface area contributed by atoms with E-state index in [9.17, 15) is 14.4 Å². The molecule has 2 amide bonds. The number of carbonyl (C=O) groups excluding carboxylic acids is 2. The number of nitrogens with zero attached hydrogens (tertiary/aromatic N) is 1. The summed E-state index contributed by atoms with van der Waals surface area (Å²) in [6.07, 6.45) is 0.418. The van der Waals surface area contributed by atoms with Crippen LogP contribution < -0.4 is 10.6 Å². The van der Waals surface area contributed by atoms with Crippen molar-refractivity contribution >= 4 is 18.0 Å². The number of hydrogen-bond acceptors (Lipinski definition) is 5. The molecule has 0 aliphatic heterocycles. The second-order valence-electron chi connectivity index (χ2n) is 8.88. The van der Waals surface area contributed by atoms with E-state index in [4.69, 9.17) is 9.84 Å². The second kappa shape index (κ2) is 11.7. The Labute approximate surface area is 200 Å². The minimum atomic E-state index is -0.979. The molecule has 0 aromatic heterocycles. The predicted octanol–water partition coefficient (Wildman–Crippen LogP) is 3.21. The van der Waals surface area contributed by atoms with Crippen LogP contribution in [0.3, 0.4) is 0 Å². The molecule has 182 valence electrons. The first-order chi connectivity index (χ1) is 16.3. The molecule has 0 heterocycles. The number of ether oxygens (including phenoxy) is 1. The average Bonchev–Trinajstić information content (AvgIpc) is 3.10. The highest BCUT2D eigenvalue weighted by molar-refractivity contribution is 5.86. The van der Waals surface area contributed by atoms with Crippen LogP contribution in [0.15, 0.2) is 48.5 Å². The van der Waals surface area contributed by atoms with E-state index in [2.05, 4.69) is 22.8 Å². The third kappa shape index (κ3) is 6.35. The van der Waals surface area contributed by atoms with Crippen LogP contribution in [0.4, 0.5) is 4.79 Å². The largest absolute Gasteiger partial charge is 0.481 e. The lowest BCUT2D eigenvalue weighted by Crippen LogP contribution is -2.54. The molecule has 0 saturated carbocycles. The molecular weight excluding hydrogens is 434 g/mol. The molecule has 1 aliphatic rings. The SMILES string of the molecule is CCCC(CC(=O)O)NC(=O)[C@H](CN(C)C)NC(=O)OCC1c2ccccc2-c2ccccc21. The first-order valence-corrected chi connectivity index (χ1v) is 11.6. The Morgan fingerprint density at radius 3 is 2.12 bits per heavy atom. The number of carboxylic acids is 1. The van der Waals surface area contributed by atoms with Crippen molar-refractivity contribution in [2.45, 2.75) is 44.2 Å². The van der Waals surface area contributed by atoms with Gasteiger partial charge in [0, 0.05) is 18.5 Å². The van der Waals surface area contributed by atoms with Gasteiger partial charge in [0.05, 0.1) is 6.42 Å². The number of carbonyl (C=O) groups is 3. The quantitative estimate of drug-likeness (QED) is 0.468. The fraction of sp³-hybridized carbons (Fsp3) is 0.423. The number of nitrogens with one attached hydrogen (secondary N) is 2. The first kappa shape index (κ1) is 25.2. The third-order valence-electron chi connectivity index (χ3n) is 5.90. The van der Waals surface area contributed by atoms with Gasteiger partial charge in [0.15, 0.2) is 0 Å². The number of rotatable bonds is 11. The van der Waals surface area contributed by atoms with Gasteiger partial charge in [-0.15, -0.1) is 0 Å². The molecule has 0 bridgehead atoms. The Hall–Kier alpha value is -3.39. The van der Waals surface area contributed by atoms with E-state index in [1.54, 1.807) is 19.0 Å². The summed E-state index contributed by atoms with van der Waals surface area (Å²) in [5, 5.41) is 14.5. The van der Waals surface area contributed by atoms with Crippen molar-refractivity contribution in [3.05, 3.63) is 59.7 Å². The summed E-state index contributed by atoms with van der Waals surface area (Å²) in [5.41, 5.74) is 4.49. The van der Waals surface area contributed by atoms with E-state index < -0.39 is 30.1 Å². The van der Waals surface area contributed by atoms with E-state index in [0.717, 1.165) is 28.7 Å². The Bertz CT molecular complexity index is 978. The van der Waals surface area contributed by atoms with Crippen LogP contribution in [0.25, 0.3) is 11.1 Å². The summed E-state index contributed by atoms with van der Waals surface area (Å²) in [5.74, 6) is -1.49. The zero-order chi connectivity index (χ0) is 24.7. The average molecular weight is 468 g/mol. The highest BCUT2D eigenvalue weighted by Crippen LogP contribution is 2.44. The van der Waals surface area contributed by atoms with E-state index >= 15 is 0 Å². The lowest BCUT2D eigenvalue weighted by atomic mass is 9.98. The topological polar surface area (TPSA) is 108 Å². The summed E-state index contributed by atoms with van der Waals surface area (Å²) in [4.78, 5) is 38.5. The van der Waals surface area contributed by atoms with Gasteiger partial charge in [-0.3, -0.25) is 9.59 Å². The molecule has 8 nitrogen and oxygen atoms in total. The van der Waals surface area contributed by atoms with Crippen molar-refractivity contribution in [1.29, 1.82) is 0 Å². The Morgan fingerprint density at radius 1 is 1.00 bits per heavy atom. The molecule has 34 heavy (non-hydrogen) atoms. The van der Waals surface area contributed by atoms with Crippen molar-refractivity contribution in [2.75, 3.05) is 27.2 Å². The third-order valence-corrected chi connectivity index (χ3v) is 5.90. The summed E-state index contributed by atoms with van der Waals surface area (Å²) < 4.78 is 5.58. The van der Waals surface area contributed by atoms with Gasteiger partial charge in [0.2, 0.25) is 5.91 Å². The lowest BCUT2D eigenvalue weighted by molar-refractivity contribution is -0.137. The molecule has 2 aromatic carbocycles. The summed E-state index contributed by atoms with van der Waals surface area (Å²) in [7, 11) is 3.58. The zero-order valence-corrected chi connectivity index (χ0v) is 19.9. The van der Waals surface area contributed by atoms with Gasteiger partial charge in [0.1, 0.15) is 12.6 Å². The molecule has 1 aliphatic carbocycles. The number of carboxylic acid groups (broad SMARTS) is 1. The highest BCUT2D eigenvalue weighted by Gasteiger charge is 2.30. The Balaban J connectivity index is 1.65. The van der Waals surface area contributed by atoms with Crippen LogP contribution in [0.1, 0.15) is 43.2 Å². The second-order valence-corrected chi connectivity index (χ2v) is 8.88. The van der Waals surface area contributed by atoms with E-state index in [1.165, 1.54) is 0 Å². The van der Waals surface area contributed by atoms with Crippen molar-refractivity contribution in [3.63, 3.8) is 0 Å². The number of fused-ring (bicyclic) bond motifs is 3. The van der Waals surface area contributed by atoms with Crippen LogP contribution >= 0.6 is 0 Å². The van der Waals surface area contributed by atoms with Gasteiger partial charge in [-0.25, -0.2) is 4.79 Å². The fourth-order valence-corrected chi connectivity index (χ4v) is 4.43. The van der Waals surface area contributed by atoms with Crippen LogP contribution in [0.2, 0.25) is 0 Å². The van der Waals surface area contributed by atoms with Gasteiger partial charge in [-0.2, -0.15) is 0 Å². The summed E-state index contributed by atoms with van der Waals surface area (Å²) in [6, 6.07) is 14.8. The van der Waals surface area contributed by atoms with E-state index in [1.807, 2.05) is 43.3 Å². The van der Waals surface area contributed by atoms with Crippen molar-refractivity contribution in [1.82, 2.24) is 15.5 Å². The number of amides is 2. The van der Waals surface area contributed by atoms with Gasteiger partial charge in [0.25, 0.3) is 0 Å². The number of benzene rings is 2. The van der Waals surface area contributed by atoms with Crippen LogP contribution in [0, 0.1) is 0 Å². The van der Waals surface area contributed by atoms with Gasteiger partial charge in [-0.05, 0) is 42.8 Å². The lowest BCUT2D eigenvalue weighted by Gasteiger charge is -2.25. The fourth-order valence-electron chi connectivity index (χ4n) is 4.43. The smallest absolute Gasteiger partial charge is 0.407 e. The van der Waals surface area contributed by atoms with Crippen LogP contribution in [0.5, 0.6) is 0 Å². The van der Waals surface area contributed by atoms with Gasteiger partial charge >= 0.3 is 12.1 Å². The Kier molecular flexibility index (Phi) is 8.65. The molecule has 0 fully saturated rings. The first-order valence-electron chi connectivity index (χ1n) is 11.6. The molecule has 3 rings (SSSR count). The normalized spacial score (nSPS) is 14.1. The van der Waals surface area contributed by atoms with E-state index in [0.29, 0.717) is 6.42 Å². The molecule has 0 radical (unpaired) electrons. The van der Waals surface area contributed by atoms with Crippen molar-refractivity contribution in [2.24, 2.45) is 0 Å². The zero-order valence-electron chi connectivity index (χ0n) is 19.9. The summed E-state index contributed by atoms with van der Waals surface area (Å²) >= 11 is 0. The maximum Gasteiger partial charge on any atom is 0.407 e. The monoisotopic (exact) mass is 467 g/mol. The molecule has 3 N–H and O–H groups in total. The van der Waals surface area contributed by atoms with Crippen LogP contribution in [-0.4, -0.2) is 67.3 Å². The highest BCUT2D eigenvalue weighted by atomic mass is 16.5. The molecule has 2 atom stereocenters. The summed E-state index contributed by atoms with van der Waals surface area (Å²) in [6.45, 7) is 2.32. The number of alkyl carbamates (subject to hydrolysis) is 1. The number of hydrogen-bond donors (Lipinski definition) is 3. The van der Waals surface area contributed by atoms with E-state index in [-0.39, 0.29) is 25.5 Å². The maximum absolute atomic E-state index is 12.9. The number of likely N-dealkylation sites (N-methyl/N-ethyl adjacent to an activating group) is 1. The van der Waals surface area contributed by atoms with Crippen LogP contribution in [-0.2, 0) is 14.3 Å². The van der Waals surface area contributed by atoms with Gasteiger partial charge < -0.3 is 25.4 Å².